The molecule has 6 heteroatoms. The van der Waals surface area contributed by atoms with Crippen LogP contribution in [-0.2, 0) is 6.54 Å². The molecule has 3 heterocycles. The van der Waals surface area contributed by atoms with Gasteiger partial charge in [0.1, 0.15) is 5.15 Å². The van der Waals surface area contributed by atoms with Crippen LogP contribution in [0.1, 0.15) is 20.3 Å². The van der Waals surface area contributed by atoms with Crippen LogP contribution >= 0.6 is 11.6 Å². The van der Waals surface area contributed by atoms with Gasteiger partial charge >= 0.3 is 0 Å². The molecule has 0 radical (unpaired) electrons. The van der Waals surface area contributed by atoms with E-state index in [2.05, 4.69) is 15.1 Å². The van der Waals surface area contributed by atoms with Crippen molar-refractivity contribution < 1.29 is 5.11 Å². The van der Waals surface area contributed by atoms with Crippen molar-refractivity contribution in [1.29, 1.82) is 0 Å². The molecule has 0 unspecified atom stereocenters. The van der Waals surface area contributed by atoms with Crippen molar-refractivity contribution in [3.05, 3.63) is 41.9 Å². The topological polar surface area (TPSA) is 63.8 Å². The fourth-order valence-corrected chi connectivity index (χ4v) is 2.32. The Hall–Kier alpha value is -1.98. The summed E-state index contributed by atoms with van der Waals surface area (Å²) in [5, 5.41) is 14.6. The maximum Gasteiger partial charge on any atom is 0.129 e. The summed E-state index contributed by atoms with van der Waals surface area (Å²) in [5.41, 5.74) is 2.78. The first-order valence-corrected chi connectivity index (χ1v) is 7.46. The SMILES string of the molecule is CC(C)(O)CCn1cc(-c2cnc3ccc(Cl)nc3c2)cn1. The molecular weight excluding hydrogens is 300 g/mol. The van der Waals surface area contributed by atoms with Gasteiger partial charge in [0.05, 0.1) is 22.8 Å². The zero-order valence-corrected chi connectivity index (χ0v) is 13.2. The zero-order chi connectivity index (χ0) is 15.7. The molecule has 0 bridgehead atoms. The summed E-state index contributed by atoms with van der Waals surface area (Å²) in [5.74, 6) is 0. The number of halogens is 1. The summed E-state index contributed by atoms with van der Waals surface area (Å²) in [7, 11) is 0. The molecule has 3 aromatic heterocycles. The van der Waals surface area contributed by atoms with E-state index in [1.165, 1.54) is 0 Å². The molecule has 0 spiro atoms. The molecule has 22 heavy (non-hydrogen) atoms. The van der Waals surface area contributed by atoms with Gasteiger partial charge in [0.25, 0.3) is 0 Å². The van der Waals surface area contributed by atoms with Crippen molar-refractivity contribution in [2.75, 3.05) is 0 Å². The smallest absolute Gasteiger partial charge is 0.129 e. The van der Waals surface area contributed by atoms with Gasteiger partial charge in [-0.3, -0.25) is 9.67 Å². The fraction of sp³-hybridized carbons (Fsp3) is 0.312. The Morgan fingerprint density at radius 2 is 2.00 bits per heavy atom. The third kappa shape index (κ3) is 3.43. The van der Waals surface area contributed by atoms with Gasteiger partial charge in [-0.05, 0) is 38.5 Å². The molecule has 0 atom stereocenters. The second-order valence-corrected chi connectivity index (χ2v) is 6.34. The molecule has 5 nitrogen and oxygen atoms in total. The minimum absolute atomic E-state index is 0.451. The number of hydrogen-bond acceptors (Lipinski definition) is 4. The van der Waals surface area contributed by atoms with Crippen molar-refractivity contribution in [3.8, 4) is 11.1 Å². The van der Waals surface area contributed by atoms with Crippen LogP contribution in [0, 0.1) is 0 Å². The Morgan fingerprint density at radius 1 is 1.18 bits per heavy atom. The highest BCUT2D eigenvalue weighted by Gasteiger charge is 2.13. The lowest BCUT2D eigenvalue weighted by molar-refractivity contribution is 0.0651. The third-order valence-electron chi connectivity index (χ3n) is 3.42. The first-order chi connectivity index (χ1) is 10.4. The molecule has 0 fully saturated rings. The maximum atomic E-state index is 9.78. The van der Waals surface area contributed by atoms with E-state index in [9.17, 15) is 5.11 Å². The first kappa shape index (κ1) is 14.9. The summed E-state index contributed by atoms with van der Waals surface area (Å²) in [4.78, 5) is 8.67. The van der Waals surface area contributed by atoms with E-state index >= 15 is 0 Å². The second kappa shape index (κ2) is 5.66. The summed E-state index contributed by atoms with van der Waals surface area (Å²) in [6, 6.07) is 5.53. The van der Waals surface area contributed by atoms with Gasteiger partial charge in [-0.1, -0.05) is 11.6 Å². The van der Waals surface area contributed by atoms with Crippen molar-refractivity contribution >= 4 is 22.6 Å². The van der Waals surface area contributed by atoms with E-state index in [4.69, 9.17) is 11.6 Å². The van der Waals surface area contributed by atoms with Crippen molar-refractivity contribution in [2.24, 2.45) is 0 Å². The molecule has 1 N–H and O–H groups in total. The van der Waals surface area contributed by atoms with Gasteiger partial charge in [0, 0.05) is 30.1 Å². The number of pyridine rings is 2. The molecule has 0 amide bonds. The highest BCUT2D eigenvalue weighted by Crippen LogP contribution is 2.22. The number of aryl methyl sites for hydroxylation is 1. The van der Waals surface area contributed by atoms with Gasteiger partial charge < -0.3 is 5.11 Å². The second-order valence-electron chi connectivity index (χ2n) is 5.95. The van der Waals surface area contributed by atoms with E-state index in [1.807, 2.05) is 23.0 Å². The van der Waals surface area contributed by atoms with Gasteiger partial charge in [-0.15, -0.1) is 0 Å². The van der Waals surface area contributed by atoms with Crippen LogP contribution in [-0.4, -0.2) is 30.5 Å². The molecular formula is C16H17ClN4O. The van der Waals surface area contributed by atoms with Crippen molar-refractivity contribution in [3.63, 3.8) is 0 Å². The molecule has 3 aromatic rings. The summed E-state index contributed by atoms with van der Waals surface area (Å²) >= 11 is 5.93. The molecule has 0 aromatic carbocycles. The van der Waals surface area contributed by atoms with Crippen LogP contribution in [0.5, 0.6) is 0 Å². The summed E-state index contributed by atoms with van der Waals surface area (Å²) in [6.07, 6.45) is 6.17. The Labute approximate surface area is 133 Å². The lowest BCUT2D eigenvalue weighted by atomic mass is 10.1. The fourth-order valence-electron chi connectivity index (χ4n) is 2.16. The average molecular weight is 317 g/mol. The van der Waals surface area contributed by atoms with Crippen LogP contribution in [0.15, 0.2) is 36.8 Å². The van der Waals surface area contributed by atoms with E-state index in [0.717, 1.165) is 22.2 Å². The Kier molecular flexibility index (Phi) is 3.85. The van der Waals surface area contributed by atoms with Crippen molar-refractivity contribution in [1.82, 2.24) is 19.7 Å². The summed E-state index contributed by atoms with van der Waals surface area (Å²) < 4.78 is 1.82. The van der Waals surface area contributed by atoms with Crippen LogP contribution < -0.4 is 0 Å². The van der Waals surface area contributed by atoms with Crippen LogP contribution in [0.4, 0.5) is 0 Å². The number of rotatable bonds is 4. The van der Waals surface area contributed by atoms with E-state index in [0.29, 0.717) is 18.1 Å². The van der Waals surface area contributed by atoms with Gasteiger partial charge in [0.2, 0.25) is 0 Å². The number of nitrogens with zero attached hydrogens (tertiary/aromatic N) is 4. The van der Waals surface area contributed by atoms with E-state index < -0.39 is 5.60 Å². The molecule has 3 rings (SSSR count). The van der Waals surface area contributed by atoms with Crippen LogP contribution in [0.3, 0.4) is 0 Å². The van der Waals surface area contributed by atoms with Crippen LogP contribution in [0.2, 0.25) is 5.15 Å². The molecule has 0 saturated heterocycles. The number of hydrogen-bond donors (Lipinski definition) is 1. The first-order valence-electron chi connectivity index (χ1n) is 7.08. The predicted octanol–water partition coefficient (Wildman–Crippen LogP) is 3.31. The van der Waals surface area contributed by atoms with Gasteiger partial charge in [-0.25, -0.2) is 4.98 Å². The highest BCUT2D eigenvalue weighted by molar-refractivity contribution is 6.29. The maximum absolute atomic E-state index is 9.78. The van der Waals surface area contributed by atoms with E-state index in [-0.39, 0.29) is 0 Å². The number of fused-ring (bicyclic) bond motifs is 1. The number of aliphatic hydroxyl groups is 1. The third-order valence-corrected chi connectivity index (χ3v) is 3.63. The van der Waals surface area contributed by atoms with Crippen LogP contribution in [0.25, 0.3) is 22.2 Å². The molecule has 0 aliphatic rings. The molecule has 0 aliphatic heterocycles. The lowest BCUT2D eigenvalue weighted by Gasteiger charge is -2.16. The minimum atomic E-state index is -0.697. The minimum Gasteiger partial charge on any atom is -0.390 e. The van der Waals surface area contributed by atoms with Gasteiger partial charge in [0.15, 0.2) is 0 Å². The quantitative estimate of drug-likeness (QED) is 0.750. The Bertz CT molecular complexity index is 807. The molecule has 0 aliphatic carbocycles. The lowest BCUT2D eigenvalue weighted by Crippen LogP contribution is -2.21. The number of aromatic nitrogens is 4. The predicted molar refractivity (Wildman–Crippen MR) is 86.7 cm³/mol. The molecule has 114 valence electrons. The Balaban J connectivity index is 1.86. The normalized spacial score (nSPS) is 12.0. The van der Waals surface area contributed by atoms with Crippen molar-refractivity contribution in [2.45, 2.75) is 32.4 Å². The average Bonchev–Trinajstić information content (AvgIpc) is 2.92. The zero-order valence-electron chi connectivity index (χ0n) is 12.5. The van der Waals surface area contributed by atoms with E-state index in [1.54, 1.807) is 32.3 Å². The Morgan fingerprint density at radius 3 is 2.77 bits per heavy atom. The molecule has 0 saturated carbocycles. The van der Waals surface area contributed by atoms with Gasteiger partial charge in [-0.2, -0.15) is 5.10 Å². The standard InChI is InChI=1S/C16H17ClN4O/c1-16(2,22)5-6-21-10-12(9-19-21)11-7-14-13(18-8-11)3-4-15(17)20-14/h3-4,7-10,22H,5-6H2,1-2H3. The highest BCUT2D eigenvalue weighted by atomic mass is 35.5. The summed E-state index contributed by atoms with van der Waals surface area (Å²) in [6.45, 7) is 4.24. The largest absolute Gasteiger partial charge is 0.390 e. The monoisotopic (exact) mass is 316 g/mol.